The molecule has 0 aliphatic heterocycles. The maximum absolute atomic E-state index is 13.6. The quantitative estimate of drug-likeness (QED) is 0.501. The molecule has 1 aromatic carbocycles. The van der Waals surface area contributed by atoms with E-state index in [1.165, 1.54) is 12.3 Å². The van der Waals surface area contributed by atoms with E-state index in [1.54, 1.807) is 12.3 Å². The van der Waals surface area contributed by atoms with Gasteiger partial charge in [-0.05, 0) is 37.5 Å². The summed E-state index contributed by atoms with van der Waals surface area (Å²) in [5.41, 5.74) is 2.19. The molecule has 1 saturated carbocycles. The van der Waals surface area contributed by atoms with Gasteiger partial charge < -0.3 is 9.88 Å². The van der Waals surface area contributed by atoms with Crippen LogP contribution in [0.2, 0.25) is 0 Å². The van der Waals surface area contributed by atoms with Crippen molar-refractivity contribution in [3.8, 4) is 0 Å². The Kier molecular flexibility index (Phi) is 4.72. The fraction of sp³-hybridized carbons (Fsp3) is 0.273. The molecule has 1 aliphatic carbocycles. The van der Waals surface area contributed by atoms with Crippen molar-refractivity contribution < 1.29 is 13.6 Å². The third kappa shape index (κ3) is 3.67. The highest BCUT2D eigenvalue weighted by Gasteiger charge is 2.29. The number of amides is 1. The molecule has 5 rings (SSSR count). The summed E-state index contributed by atoms with van der Waals surface area (Å²) in [7, 11) is 0. The number of nitrogens with zero attached hydrogens (tertiary/aromatic N) is 5. The van der Waals surface area contributed by atoms with Crippen molar-refractivity contribution >= 4 is 17.2 Å². The minimum Gasteiger partial charge on any atom is -0.331 e. The molecule has 1 amide bonds. The number of anilines is 1. The van der Waals surface area contributed by atoms with Crippen LogP contribution < -0.4 is 5.32 Å². The molecule has 31 heavy (non-hydrogen) atoms. The molecule has 0 atom stereocenters. The number of benzene rings is 1. The van der Waals surface area contributed by atoms with Crippen LogP contribution in [0.3, 0.4) is 0 Å². The van der Waals surface area contributed by atoms with Crippen molar-refractivity contribution in [1.29, 1.82) is 0 Å². The SMILES string of the molecule is Cc1nccn1Cc1ccccc1NC(=O)c1cnn2c(C(F)F)cc(C3CC3)nc12. The minimum absolute atomic E-state index is 0.153. The van der Waals surface area contributed by atoms with Gasteiger partial charge in [-0.15, -0.1) is 0 Å². The molecular formula is C22H20F2N6O. The lowest BCUT2D eigenvalue weighted by molar-refractivity contribution is 0.102. The van der Waals surface area contributed by atoms with Gasteiger partial charge in [-0.3, -0.25) is 4.79 Å². The van der Waals surface area contributed by atoms with Gasteiger partial charge in [0.05, 0.1) is 12.7 Å². The number of carbonyl (C=O) groups is 1. The second-order valence-corrected chi connectivity index (χ2v) is 7.69. The maximum atomic E-state index is 13.6. The number of aromatic nitrogens is 5. The van der Waals surface area contributed by atoms with E-state index in [0.717, 1.165) is 28.7 Å². The van der Waals surface area contributed by atoms with E-state index in [4.69, 9.17) is 0 Å². The van der Waals surface area contributed by atoms with E-state index in [1.807, 2.05) is 35.9 Å². The van der Waals surface area contributed by atoms with E-state index in [9.17, 15) is 13.6 Å². The van der Waals surface area contributed by atoms with Crippen LogP contribution in [0.15, 0.2) is 48.9 Å². The monoisotopic (exact) mass is 422 g/mol. The summed E-state index contributed by atoms with van der Waals surface area (Å²) in [5, 5.41) is 6.92. The van der Waals surface area contributed by atoms with Gasteiger partial charge in [-0.25, -0.2) is 23.3 Å². The fourth-order valence-electron chi connectivity index (χ4n) is 3.63. The van der Waals surface area contributed by atoms with Crippen LogP contribution in [0.1, 0.15) is 58.3 Å². The number of hydrogen-bond acceptors (Lipinski definition) is 4. The highest BCUT2D eigenvalue weighted by atomic mass is 19.3. The Morgan fingerprint density at radius 2 is 2.10 bits per heavy atom. The zero-order valence-corrected chi connectivity index (χ0v) is 16.8. The Hall–Kier alpha value is -3.62. The van der Waals surface area contributed by atoms with Crippen LogP contribution in [0.25, 0.3) is 5.65 Å². The predicted octanol–water partition coefficient (Wildman–Crippen LogP) is 4.35. The van der Waals surface area contributed by atoms with Crippen LogP contribution in [-0.4, -0.2) is 30.1 Å². The van der Waals surface area contributed by atoms with E-state index in [0.29, 0.717) is 17.9 Å². The first-order valence-corrected chi connectivity index (χ1v) is 10.0. The summed E-state index contributed by atoms with van der Waals surface area (Å²) in [6.45, 7) is 2.45. The summed E-state index contributed by atoms with van der Waals surface area (Å²) in [4.78, 5) is 21.8. The van der Waals surface area contributed by atoms with Gasteiger partial charge >= 0.3 is 0 Å². The van der Waals surface area contributed by atoms with Crippen LogP contribution in [0, 0.1) is 6.92 Å². The van der Waals surface area contributed by atoms with Crippen molar-refractivity contribution in [2.75, 3.05) is 5.32 Å². The van der Waals surface area contributed by atoms with Gasteiger partial charge in [-0.2, -0.15) is 5.10 Å². The zero-order valence-electron chi connectivity index (χ0n) is 16.8. The van der Waals surface area contributed by atoms with Crippen molar-refractivity contribution in [2.24, 2.45) is 0 Å². The summed E-state index contributed by atoms with van der Waals surface area (Å²) < 4.78 is 30.2. The van der Waals surface area contributed by atoms with E-state index in [-0.39, 0.29) is 22.8 Å². The first-order chi connectivity index (χ1) is 15.0. The topological polar surface area (TPSA) is 77.1 Å². The molecule has 4 aromatic rings. The first-order valence-electron chi connectivity index (χ1n) is 10.0. The molecular weight excluding hydrogens is 402 g/mol. The lowest BCUT2D eigenvalue weighted by Gasteiger charge is -2.12. The number of halogens is 2. The maximum Gasteiger partial charge on any atom is 0.280 e. The largest absolute Gasteiger partial charge is 0.331 e. The van der Waals surface area contributed by atoms with Crippen LogP contribution >= 0.6 is 0 Å². The average molecular weight is 422 g/mol. The Morgan fingerprint density at radius 1 is 1.29 bits per heavy atom. The highest BCUT2D eigenvalue weighted by Crippen LogP contribution is 2.40. The molecule has 0 bridgehead atoms. The molecule has 0 spiro atoms. The number of rotatable bonds is 6. The van der Waals surface area contributed by atoms with Gasteiger partial charge in [0.25, 0.3) is 12.3 Å². The average Bonchev–Trinajstić information content (AvgIpc) is 3.40. The second-order valence-electron chi connectivity index (χ2n) is 7.69. The molecule has 1 N–H and O–H groups in total. The zero-order chi connectivity index (χ0) is 21.5. The number of para-hydroxylation sites is 1. The van der Waals surface area contributed by atoms with Crippen molar-refractivity contribution in [3.63, 3.8) is 0 Å². The fourth-order valence-corrected chi connectivity index (χ4v) is 3.63. The van der Waals surface area contributed by atoms with E-state index < -0.39 is 12.3 Å². The Balaban J connectivity index is 1.48. The predicted molar refractivity (Wildman–Crippen MR) is 110 cm³/mol. The highest BCUT2D eigenvalue weighted by molar-refractivity contribution is 6.08. The lowest BCUT2D eigenvalue weighted by Crippen LogP contribution is -2.15. The molecule has 0 saturated heterocycles. The summed E-state index contributed by atoms with van der Waals surface area (Å²) in [6, 6.07) is 8.84. The number of carbonyl (C=O) groups excluding carboxylic acids is 1. The van der Waals surface area contributed by atoms with Crippen LogP contribution in [0.4, 0.5) is 14.5 Å². The van der Waals surface area contributed by atoms with Gasteiger partial charge in [0.2, 0.25) is 0 Å². The third-order valence-electron chi connectivity index (χ3n) is 5.51. The standard InChI is InChI=1S/C22H20F2N6O/c1-13-25-8-9-29(13)12-15-4-2-3-5-17(15)28-22(31)16-11-26-30-19(20(23)24)10-18(14-6-7-14)27-21(16)30/h2-5,8-11,14,20H,6-7,12H2,1H3,(H,28,31). The number of nitrogens with one attached hydrogen (secondary N) is 1. The van der Waals surface area contributed by atoms with Gasteiger partial charge in [0.1, 0.15) is 17.1 Å². The molecule has 3 aromatic heterocycles. The molecule has 1 aliphatic rings. The summed E-state index contributed by atoms with van der Waals surface area (Å²) >= 11 is 0. The number of hydrogen-bond donors (Lipinski definition) is 1. The molecule has 0 unspecified atom stereocenters. The second kappa shape index (κ2) is 7.57. The number of imidazole rings is 1. The molecule has 1 fully saturated rings. The Labute approximate surface area is 176 Å². The van der Waals surface area contributed by atoms with Crippen LogP contribution in [-0.2, 0) is 6.54 Å². The van der Waals surface area contributed by atoms with Gasteiger partial charge in [0.15, 0.2) is 5.65 Å². The molecule has 7 nitrogen and oxygen atoms in total. The van der Waals surface area contributed by atoms with Gasteiger partial charge in [0, 0.05) is 29.7 Å². The van der Waals surface area contributed by atoms with E-state index in [2.05, 4.69) is 20.4 Å². The minimum atomic E-state index is -2.71. The third-order valence-corrected chi connectivity index (χ3v) is 5.51. The van der Waals surface area contributed by atoms with Crippen LogP contribution in [0.5, 0.6) is 0 Å². The van der Waals surface area contributed by atoms with Crippen molar-refractivity contribution in [2.45, 2.75) is 38.7 Å². The first kappa shape index (κ1) is 19.3. The van der Waals surface area contributed by atoms with E-state index >= 15 is 0 Å². The Morgan fingerprint density at radius 3 is 2.81 bits per heavy atom. The van der Waals surface area contributed by atoms with Gasteiger partial charge in [-0.1, -0.05) is 18.2 Å². The molecule has 0 radical (unpaired) electrons. The molecule has 158 valence electrons. The van der Waals surface area contributed by atoms with Crippen molar-refractivity contribution in [3.05, 3.63) is 77.3 Å². The number of fused-ring (bicyclic) bond motifs is 1. The van der Waals surface area contributed by atoms with Crippen molar-refractivity contribution in [1.82, 2.24) is 24.1 Å². The summed E-state index contributed by atoms with van der Waals surface area (Å²) in [6.07, 6.45) is 4.01. The lowest BCUT2D eigenvalue weighted by atomic mass is 10.1. The number of alkyl halides is 2. The number of aryl methyl sites for hydroxylation is 1. The smallest absolute Gasteiger partial charge is 0.280 e. The Bertz CT molecular complexity index is 1270. The molecule has 9 heteroatoms. The summed E-state index contributed by atoms with van der Waals surface area (Å²) in [5.74, 6) is 0.595. The molecule has 3 heterocycles. The normalized spacial score (nSPS) is 13.8.